The molecule has 1 atom stereocenters. The molecule has 5 heteroatoms. The van der Waals surface area contributed by atoms with E-state index in [1.807, 2.05) is 4.90 Å². The van der Waals surface area contributed by atoms with Crippen LogP contribution in [-0.2, 0) is 4.79 Å². The first-order chi connectivity index (χ1) is 9.84. The van der Waals surface area contributed by atoms with Gasteiger partial charge in [0, 0.05) is 26.1 Å². The number of likely N-dealkylation sites (tertiary alicyclic amines) is 1. The largest absolute Gasteiger partial charge is 0.481 e. The summed E-state index contributed by atoms with van der Waals surface area (Å²) in [5.41, 5.74) is 0.211. The molecular weight excluding hydrogens is 268 g/mol. The highest BCUT2D eigenvalue weighted by atomic mass is 16.4. The standard InChI is InChI=1S/C16H30N2O3/c1-4-13(6-7-14(19)20)8-10-17-15(21)18-11-5-9-16(2,3)12-18/h13H,4-12H2,1-3H3,(H,17,21)(H,19,20). The van der Waals surface area contributed by atoms with Crippen molar-refractivity contribution in [2.75, 3.05) is 19.6 Å². The third-order valence-corrected chi connectivity index (χ3v) is 4.36. The first-order valence-electron chi connectivity index (χ1n) is 8.08. The zero-order valence-corrected chi connectivity index (χ0v) is 13.7. The van der Waals surface area contributed by atoms with Gasteiger partial charge < -0.3 is 15.3 Å². The summed E-state index contributed by atoms with van der Waals surface area (Å²) in [6, 6.07) is 0.0239. The van der Waals surface area contributed by atoms with Crippen LogP contribution in [0.3, 0.4) is 0 Å². The topological polar surface area (TPSA) is 69.6 Å². The molecule has 0 saturated carbocycles. The van der Waals surface area contributed by atoms with Gasteiger partial charge in [0.05, 0.1) is 0 Å². The van der Waals surface area contributed by atoms with E-state index in [4.69, 9.17) is 5.11 Å². The number of nitrogens with zero attached hydrogens (tertiary/aromatic N) is 1. The van der Waals surface area contributed by atoms with Gasteiger partial charge in [-0.15, -0.1) is 0 Å². The Morgan fingerprint density at radius 2 is 2.05 bits per heavy atom. The van der Waals surface area contributed by atoms with Crippen LogP contribution in [0.2, 0.25) is 0 Å². The molecule has 0 aromatic heterocycles. The fourth-order valence-electron chi connectivity index (χ4n) is 2.97. The van der Waals surface area contributed by atoms with Crippen molar-refractivity contribution in [3.8, 4) is 0 Å². The molecule has 0 spiro atoms. The minimum Gasteiger partial charge on any atom is -0.481 e. The van der Waals surface area contributed by atoms with Crippen molar-refractivity contribution in [1.82, 2.24) is 10.2 Å². The van der Waals surface area contributed by atoms with E-state index in [0.717, 1.165) is 32.4 Å². The number of rotatable bonds is 7. The highest BCUT2D eigenvalue weighted by Gasteiger charge is 2.28. The molecule has 1 heterocycles. The molecule has 2 amide bonds. The Balaban J connectivity index is 2.27. The molecule has 2 N–H and O–H groups in total. The number of hydrogen-bond acceptors (Lipinski definition) is 2. The smallest absolute Gasteiger partial charge is 0.317 e. The summed E-state index contributed by atoms with van der Waals surface area (Å²) in [6.45, 7) is 8.76. The number of carboxylic acids is 1. The number of amides is 2. The summed E-state index contributed by atoms with van der Waals surface area (Å²) in [5, 5.41) is 11.7. The molecule has 1 aliphatic rings. The lowest BCUT2D eigenvalue weighted by molar-refractivity contribution is -0.137. The first-order valence-corrected chi connectivity index (χ1v) is 8.08. The van der Waals surface area contributed by atoms with E-state index in [-0.39, 0.29) is 17.9 Å². The van der Waals surface area contributed by atoms with Crippen LogP contribution in [0.4, 0.5) is 4.79 Å². The minimum absolute atomic E-state index is 0.0239. The van der Waals surface area contributed by atoms with Crippen molar-refractivity contribution in [3.63, 3.8) is 0 Å². The Morgan fingerprint density at radius 1 is 1.33 bits per heavy atom. The molecule has 1 rings (SSSR count). The van der Waals surface area contributed by atoms with Crippen molar-refractivity contribution in [2.45, 2.75) is 59.3 Å². The van der Waals surface area contributed by atoms with Crippen LogP contribution in [0, 0.1) is 11.3 Å². The maximum atomic E-state index is 12.1. The summed E-state index contributed by atoms with van der Waals surface area (Å²) in [7, 11) is 0. The maximum absolute atomic E-state index is 12.1. The quantitative estimate of drug-likeness (QED) is 0.758. The first kappa shape index (κ1) is 17.8. The van der Waals surface area contributed by atoms with Gasteiger partial charge >= 0.3 is 12.0 Å². The number of carbonyl (C=O) groups is 2. The maximum Gasteiger partial charge on any atom is 0.317 e. The second-order valence-corrected chi connectivity index (χ2v) is 6.92. The van der Waals surface area contributed by atoms with Crippen LogP contribution in [0.15, 0.2) is 0 Å². The second kappa shape index (κ2) is 8.25. The zero-order valence-electron chi connectivity index (χ0n) is 13.7. The van der Waals surface area contributed by atoms with Gasteiger partial charge in [-0.25, -0.2) is 4.79 Å². The third-order valence-electron chi connectivity index (χ3n) is 4.36. The lowest BCUT2D eigenvalue weighted by Gasteiger charge is -2.38. The normalized spacial score (nSPS) is 19.1. The fourth-order valence-corrected chi connectivity index (χ4v) is 2.97. The highest BCUT2D eigenvalue weighted by Crippen LogP contribution is 2.28. The molecule has 0 aromatic rings. The predicted molar refractivity (Wildman–Crippen MR) is 83.3 cm³/mol. The number of aliphatic carboxylic acids is 1. The summed E-state index contributed by atoms with van der Waals surface area (Å²) >= 11 is 0. The SMILES string of the molecule is CCC(CCNC(=O)N1CCCC(C)(C)C1)CCC(=O)O. The van der Waals surface area contributed by atoms with Crippen molar-refractivity contribution < 1.29 is 14.7 Å². The Bertz CT molecular complexity index is 355. The van der Waals surface area contributed by atoms with Gasteiger partial charge in [0.15, 0.2) is 0 Å². The number of hydrogen-bond donors (Lipinski definition) is 2. The molecule has 1 saturated heterocycles. The summed E-state index contributed by atoms with van der Waals surface area (Å²) < 4.78 is 0. The summed E-state index contributed by atoms with van der Waals surface area (Å²) in [6.07, 6.45) is 4.96. The van der Waals surface area contributed by atoms with Gasteiger partial charge in [-0.05, 0) is 37.0 Å². The van der Waals surface area contributed by atoms with Crippen molar-refractivity contribution in [1.29, 1.82) is 0 Å². The molecule has 1 unspecified atom stereocenters. The fraction of sp³-hybridized carbons (Fsp3) is 0.875. The predicted octanol–water partition coefficient (Wildman–Crippen LogP) is 3.10. The van der Waals surface area contributed by atoms with Gasteiger partial charge in [0.1, 0.15) is 0 Å². The van der Waals surface area contributed by atoms with E-state index in [2.05, 4.69) is 26.1 Å². The van der Waals surface area contributed by atoms with E-state index in [9.17, 15) is 9.59 Å². The Kier molecular flexibility index (Phi) is 6.99. The van der Waals surface area contributed by atoms with Crippen molar-refractivity contribution in [2.24, 2.45) is 11.3 Å². The van der Waals surface area contributed by atoms with Crippen LogP contribution in [0.25, 0.3) is 0 Å². The number of carbonyl (C=O) groups excluding carboxylic acids is 1. The molecule has 122 valence electrons. The van der Waals surface area contributed by atoms with Crippen LogP contribution < -0.4 is 5.32 Å². The molecule has 0 bridgehead atoms. The summed E-state index contributed by atoms with van der Waals surface area (Å²) in [5.74, 6) is -0.368. The van der Waals surface area contributed by atoms with Crippen molar-refractivity contribution >= 4 is 12.0 Å². The van der Waals surface area contributed by atoms with E-state index in [1.165, 1.54) is 6.42 Å². The van der Waals surface area contributed by atoms with Gasteiger partial charge in [0.25, 0.3) is 0 Å². The van der Waals surface area contributed by atoms with E-state index in [1.54, 1.807) is 0 Å². The van der Waals surface area contributed by atoms with Gasteiger partial charge in [-0.3, -0.25) is 4.79 Å². The Morgan fingerprint density at radius 3 is 2.62 bits per heavy atom. The number of carboxylic acid groups (broad SMARTS) is 1. The molecule has 0 aliphatic carbocycles. The second-order valence-electron chi connectivity index (χ2n) is 6.92. The number of piperidine rings is 1. The average Bonchev–Trinajstić information content (AvgIpc) is 2.41. The number of nitrogens with one attached hydrogen (secondary N) is 1. The Labute approximate surface area is 128 Å². The minimum atomic E-state index is -0.743. The van der Waals surface area contributed by atoms with Gasteiger partial charge in [0.2, 0.25) is 0 Å². The zero-order chi connectivity index (χ0) is 15.9. The average molecular weight is 298 g/mol. The van der Waals surface area contributed by atoms with E-state index in [0.29, 0.717) is 18.9 Å². The van der Waals surface area contributed by atoms with Crippen LogP contribution in [-0.4, -0.2) is 41.6 Å². The van der Waals surface area contributed by atoms with Crippen LogP contribution >= 0.6 is 0 Å². The Hall–Kier alpha value is -1.26. The van der Waals surface area contributed by atoms with E-state index < -0.39 is 5.97 Å². The molecule has 1 fully saturated rings. The third kappa shape index (κ3) is 6.82. The molecule has 0 aromatic carbocycles. The molecule has 5 nitrogen and oxygen atoms in total. The lowest BCUT2D eigenvalue weighted by Crippen LogP contribution is -2.48. The molecule has 1 aliphatic heterocycles. The van der Waals surface area contributed by atoms with Crippen LogP contribution in [0.5, 0.6) is 0 Å². The number of urea groups is 1. The van der Waals surface area contributed by atoms with Crippen molar-refractivity contribution in [3.05, 3.63) is 0 Å². The highest BCUT2D eigenvalue weighted by molar-refractivity contribution is 5.74. The summed E-state index contributed by atoms with van der Waals surface area (Å²) in [4.78, 5) is 24.6. The van der Waals surface area contributed by atoms with Gasteiger partial charge in [-0.2, -0.15) is 0 Å². The molecule has 21 heavy (non-hydrogen) atoms. The van der Waals surface area contributed by atoms with E-state index >= 15 is 0 Å². The molecular formula is C16H30N2O3. The van der Waals surface area contributed by atoms with Gasteiger partial charge in [-0.1, -0.05) is 27.2 Å². The molecule has 0 radical (unpaired) electrons. The van der Waals surface area contributed by atoms with Crippen LogP contribution in [0.1, 0.15) is 59.3 Å². The lowest BCUT2D eigenvalue weighted by atomic mass is 9.84. The monoisotopic (exact) mass is 298 g/mol.